The van der Waals surface area contributed by atoms with E-state index in [-0.39, 0.29) is 0 Å². The highest BCUT2D eigenvalue weighted by Gasteiger charge is 2.39. The maximum atomic E-state index is 9.52. The molecule has 2 N–H and O–H groups in total. The lowest BCUT2D eigenvalue weighted by Crippen LogP contribution is -2.33. The summed E-state index contributed by atoms with van der Waals surface area (Å²) >= 11 is 11.3. The maximum absolute atomic E-state index is 9.52. The van der Waals surface area contributed by atoms with E-state index in [1.165, 1.54) is 85.4 Å². The van der Waals surface area contributed by atoms with Crippen LogP contribution in [0.15, 0.2) is 341 Å². The number of benzene rings is 14. The second kappa shape index (κ2) is 25.2. The number of hydrogen-bond acceptors (Lipinski definition) is 2. The van der Waals surface area contributed by atoms with Crippen molar-refractivity contribution in [3.63, 3.8) is 0 Å². The molecule has 0 aliphatic rings. The first-order valence-electron chi connectivity index (χ1n) is 28.0. The van der Waals surface area contributed by atoms with Crippen LogP contribution in [0.2, 0.25) is 0 Å². The quantitative estimate of drug-likeness (QED) is 0.0814. The van der Waals surface area contributed by atoms with Gasteiger partial charge in [-0.05, 0) is 152 Å². The van der Waals surface area contributed by atoms with E-state index in [0.29, 0.717) is 5.46 Å². The molecule has 0 bridgehead atoms. The van der Waals surface area contributed by atoms with Gasteiger partial charge in [0.05, 0.1) is 10.8 Å². The third-order valence-electron chi connectivity index (χ3n) is 16.2. The number of rotatable bonds is 10. The molecule has 0 saturated carbocycles. The van der Waals surface area contributed by atoms with Gasteiger partial charge in [0.2, 0.25) is 0 Å². The van der Waals surface area contributed by atoms with Crippen molar-refractivity contribution in [2.45, 2.75) is 10.8 Å². The van der Waals surface area contributed by atoms with Gasteiger partial charge >= 0.3 is 7.12 Å². The van der Waals surface area contributed by atoms with E-state index >= 15 is 0 Å². The van der Waals surface area contributed by atoms with E-state index in [2.05, 4.69) is 333 Å². The highest BCUT2D eigenvalue weighted by Crippen LogP contribution is 2.48. The zero-order valence-corrected chi connectivity index (χ0v) is 50.5. The Kier molecular flexibility index (Phi) is 16.8. The minimum absolute atomic E-state index is 0.452. The first-order valence-corrected chi connectivity index (χ1v) is 30.4. The number of hydrogen-bond donors (Lipinski definition) is 2. The summed E-state index contributed by atoms with van der Waals surface area (Å²) in [5.41, 5.74) is 11.5. The smallest absolute Gasteiger partial charge is 0.423 e. The van der Waals surface area contributed by atoms with Gasteiger partial charge in [0.15, 0.2) is 0 Å². The fourth-order valence-corrected chi connectivity index (χ4v) is 14.4. The summed E-state index contributed by atoms with van der Waals surface area (Å²) in [5, 5.41) is 29.0. The van der Waals surface area contributed by atoms with Crippen LogP contribution in [0, 0.1) is 0 Å². The zero-order chi connectivity index (χ0) is 57.5. The van der Waals surface area contributed by atoms with Crippen LogP contribution in [0.5, 0.6) is 0 Å². The Morgan fingerprint density at radius 1 is 0.214 bits per heavy atom. The van der Waals surface area contributed by atoms with Crippen molar-refractivity contribution >= 4 is 103 Å². The monoisotopic (exact) mass is 1270 g/mol. The minimum atomic E-state index is -1.48. The lowest BCUT2D eigenvalue weighted by Gasteiger charge is -2.37. The molecular formula is C78H56BBr3O2. The summed E-state index contributed by atoms with van der Waals surface area (Å²) < 4.78 is 3.49. The van der Waals surface area contributed by atoms with Crippen molar-refractivity contribution in [3.8, 4) is 11.1 Å². The van der Waals surface area contributed by atoms with Gasteiger partial charge in [0, 0.05) is 13.4 Å². The van der Waals surface area contributed by atoms with Crippen LogP contribution in [-0.2, 0) is 10.8 Å². The van der Waals surface area contributed by atoms with E-state index < -0.39 is 17.9 Å². The molecule has 0 unspecified atom stereocenters. The average Bonchev–Trinajstić information content (AvgIpc) is 1.58. The molecule has 14 aromatic rings. The molecule has 0 amide bonds. The first kappa shape index (κ1) is 56.0. The van der Waals surface area contributed by atoms with Gasteiger partial charge in [-0.1, -0.05) is 328 Å². The van der Waals surface area contributed by atoms with E-state index in [1.54, 1.807) is 12.1 Å². The lowest BCUT2D eigenvalue weighted by molar-refractivity contribution is 0.425. The normalized spacial score (nSPS) is 11.4. The molecule has 0 saturated heterocycles. The highest BCUT2D eigenvalue weighted by molar-refractivity contribution is 9.11. The largest absolute Gasteiger partial charge is 0.488 e. The molecule has 0 heterocycles. The predicted octanol–water partition coefficient (Wildman–Crippen LogP) is 20.1. The Bertz CT molecular complexity index is 4140. The van der Waals surface area contributed by atoms with Crippen LogP contribution in [0.4, 0.5) is 0 Å². The van der Waals surface area contributed by atoms with Crippen LogP contribution in [0.1, 0.15) is 44.5 Å². The lowest BCUT2D eigenvalue weighted by atomic mass is 9.64. The van der Waals surface area contributed by atoms with Crippen molar-refractivity contribution < 1.29 is 10.0 Å². The van der Waals surface area contributed by atoms with Crippen molar-refractivity contribution in [1.29, 1.82) is 0 Å². The Hall–Kier alpha value is -8.46. The van der Waals surface area contributed by atoms with E-state index in [4.69, 9.17) is 0 Å². The Labute approximate surface area is 516 Å². The first-order chi connectivity index (χ1) is 41.3. The molecule has 0 aliphatic heterocycles. The topological polar surface area (TPSA) is 40.5 Å². The average molecular weight is 1280 g/mol. The Balaban J connectivity index is 0.000000136. The summed E-state index contributed by atoms with van der Waals surface area (Å²) in [7, 11) is -1.48. The van der Waals surface area contributed by atoms with Crippen molar-refractivity contribution in [2.75, 3.05) is 0 Å². The highest BCUT2D eigenvalue weighted by atomic mass is 79.9. The van der Waals surface area contributed by atoms with Crippen molar-refractivity contribution in [3.05, 3.63) is 386 Å². The molecule has 6 heteroatoms. The molecule has 404 valence electrons. The molecule has 84 heavy (non-hydrogen) atoms. The zero-order valence-electron chi connectivity index (χ0n) is 45.8. The van der Waals surface area contributed by atoms with Gasteiger partial charge in [0.25, 0.3) is 0 Å². The van der Waals surface area contributed by atoms with Crippen LogP contribution in [0.25, 0.3) is 54.2 Å². The van der Waals surface area contributed by atoms with Crippen molar-refractivity contribution in [1.82, 2.24) is 0 Å². The molecule has 14 aromatic carbocycles. The van der Waals surface area contributed by atoms with Gasteiger partial charge in [0.1, 0.15) is 0 Å². The van der Waals surface area contributed by atoms with E-state index in [0.717, 1.165) is 26.7 Å². The summed E-state index contributed by atoms with van der Waals surface area (Å²) in [6.45, 7) is 0. The molecule has 2 nitrogen and oxygen atoms in total. The van der Waals surface area contributed by atoms with Gasteiger partial charge in [-0.15, -0.1) is 0 Å². The molecule has 0 aliphatic carbocycles. The SMILES string of the molecule is Brc1c2ccccc2c(-c2ccc(C(c3ccccc3)(c3ccccc3)c3ccccc3)cc2)c2ccccc12.Brc1c2ccccc2c(Br)c2ccccc12.OB(O)c1ccc(C(c2ccccc2)(c2ccccc2)c2ccccc2)cc1. The number of fused-ring (bicyclic) bond motifs is 4. The number of halogens is 3. The van der Waals surface area contributed by atoms with E-state index in [9.17, 15) is 10.0 Å². The minimum Gasteiger partial charge on any atom is -0.423 e. The van der Waals surface area contributed by atoms with Crippen LogP contribution in [-0.4, -0.2) is 17.2 Å². The molecule has 0 radical (unpaired) electrons. The molecule has 0 aromatic heterocycles. The van der Waals surface area contributed by atoms with Crippen LogP contribution < -0.4 is 5.46 Å². The van der Waals surface area contributed by atoms with Gasteiger partial charge in [-0.2, -0.15) is 0 Å². The maximum Gasteiger partial charge on any atom is 0.488 e. The van der Waals surface area contributed by atoms with Crippen LogP contribution >= 0.6 is 47.8 Å². The third-order valence-corrected chi connectivity index (χ3v) is 18.7. The van der Waals surface area contributed by atoms with Crippen LogP contribution in [0.3, 0.4) is 0 Å². The predicted molar refractivity (Wildman–Crippen MR) is 364 cm³/mol. The Morgan fingerprint density at radius 3 is 0.643 bits per heavy atom. The molecule has 0 atom stereocenters. The molecule has 0 fully saturated rings. The van der Waals surface area contributed by atoms with Gasteiger partial charge < -0.3 is 10.0 Å². The van der Waals surface area contributed by atoms with Crippen molar-refractivity contribution in [2.24, 2.45) is 0 Å². The summed E-state index contributed by atoms with van der Waals surface area (Å²) in [6, 6.07) is 115. The van der Waals surface area contributed by atoms with Gasteiger partial charge in [-0.3, -0.25) is 0 Å². The van der Waals surface area contributed by atoms with Gasteiger partial charge in [-0.25, -0.2) is 0 Å². The molecule has 0 spiro atoms. The fraction of sp³-hybridized carbons (Fsp3) is 0.0256. The second-order valence-electron chi connectivity index (χ2n) is 20.8. The standard InChI is InChI=1S/C39H27Br.C25H21BO2.C14H8Br2/c40-38-35-22-12-10-20-33(35)37(34-21-11-13-23-36(34)38)28-24-26-32(27-25-28)39(29-14-4-1-5-15-29,30-16-6-2-7-17-30)31-18-8-3-9-19-31;27-26(28)24-18-16-23(17-19-24)25(20-10-4-1-5-11-20,21-12-6-2-7-13-21)22-14-8-3-9-15-22;15-13-9-5-1-2-6-10(9)14(16)12-8-4-3-7-11(12)13/h1-27H;1-19,27-28H;1-8H. The fourth-order valence-electron chi connectivity index (χ4n) is 12.3. The summed E-state index contributed by atoms with van der Waals surface area (Å²) in [4.78, 5) is 0. The Morgan fingerprint density at radius 2 is 0.405 bits per heavy atom. The molecule has 14 rings (SSSR count). The second-order valence-corrected chi connectivity index (χ2v) is 23.1. The summed E-state index contributed by atoms with van der Waals surface area (Å²) in [5.74, 6) is 0. The third kappa shape index (κ3) is 10.5. The van der Waals surface area contributed by atoms with E-state index in [1.807, 2.05) is 30.3 Å². The summed E-state index contributed by atoms with van der Waals surface area (Å²) in [6.07, 6.45) is 0. The molecular weight excluding hydrogens is 1220 g/mol.